The number of carbonyl (C=O) groups excluding carboxylic acids is 1. The molecule has 0 radical (unpaired) electrons. The van der Waals surface area contributed by atoms with Crippen molar-refractivity contribution < 1.29 is 9.18 Å². The molecule has 0 spiro atoms. The summed E-state index contributed by atoms with van der Waals surface area (Å²) in [4.78, 5) is 13.2. The molecule has 1 rings (SSSR count). The van der Waals surface area contributed by atoms with Gasteiger partial charge in [0.15, 0.2) is 0 Å². The first-order valence-corrected chi connectivity index (χ1v) is 5.14. The lowest BCUT2D eigenvalue weighted by atomic mass is 10.2. The summed E-state index contributed by atoms with van der Waals surface area (Å²) in [6, 6.07) is 4.25. The van der Waals surface area contributed by atoms with Gasteiger partial charge in [0.2, 0.25) is 0 Å². The first kappa shape index (κ1) is 12.0. The van der Waals surface area contributed by atoms with Crippen molar-refractivity contribution in [3.05, 3.63) is 34.6 Å². The summed E-state index contributed by atoms with van der Waals surface area (Å²) in [5.41, 5.74) is 0.714. The molecule has 0 fully saturated rings. The summed E-state index contributed by atoms with van der Waals surface area (Å²) in [6.45, 7) is 0.264. The van der Waals surface area contributed by atoms with Crippen LogP contribution in [0, 0.1) is 16.6 Å². The van der Waals surface area contributed by atoms with Gasteiger partial charge in [0.05, 0.1) is 5.02 Å². The number of halogens is 3. The molecular formula is C10H6BrClFNO. The number of hydrogen-bond donors (Lipinski definition) is 1. The predicted octanol–water partition coefficient (Wildman–Crippen LogP) is 2.45. The molecule has 1 aromatic rings. The molecule has 0 aliphatic carbocycles. The van der Waals surface area contributed by atoms with Crippen molar-refractivity contribution in [3.8, 4) is 10.8 Å². The molecular weight excluding hydrogens is 284 g/mol. The molecule has 15 heavy (non-hydrogen) atoms. The van der Waals surface area contributed by atoms with E-state index in [0.717, 1.165) is 0 Å². The van der Waals surface area contributed by atoms with Gasteiger partial charge in [0, 0.05) is 28.4 Å². The Morgan fingerprint density at radius 2 is 2.33 bits per heavy atom. The molecule has 5 heteroatoms. The van der Waals surface area contributed by atoms with Crippen LogP contribution >= 0.6 is 27.5 Å². The van der Waals surface area contributed by atoms with E-state index >= 15 is 0 Å². The number of nitrogens with one attached hydrogen (secondary N) is 1. The lowest BCUT2D eigenvalue weighted by Crippen LogP contribution is -2.20. The Morgan fingerprint density at radius 1 is 1.60 bits per heavy atom. The Hall–Kier alpha value is -1.05. The zero-order valence-corrected chi connectivity index (χ0v) is 9.82. The molecule has 0 saturated carbocycles. The van der Waals surface area contributed by atoms with Gasteiger partial charge < -0.3 is 5.32 Å². The second kappa shape index (κ2) is 5.74. The van der Waals surface area contributed by atoms with Gasteiger partial charge in [-0.2, -0.15) is 0 Å². The van der Waals surface area contributed by atoms with E-state index < -0.39 is 11.7 Å². The van der Waals surface area contributed by atoms with E-state index in [-0.39, 0.29) is 11.6 Å². The minimum Gasteiger partial charge on any atom is -0.341 e. The average molecular weight is 291 g/mol. The highest BCUT2D eigenvalue weighted by Crippen LogP contribution is 2.15. The predicted molar refractivity (Wildman–Crippen MR) is 60.0 cm³/mol. The fourth-order valence-electron chi connectivity index (χ4n) is 0.919. The van der Waals surface area contributed by atoms with Gasteiger partial charge in [0.25, 0.3) is 5.91 Å². The summed E-state index contributed by atoms with van der Waals surface area (Å²) in [5, 5.41) is 2.56. The minimum atomic E-state index is -0.480. The molecule has 1 aromatic carbocycles. The summed E-state index contributed by atoms with van der Waals surface area (Å²) in [7, 11) is 0. The number of hydrogen-bond acceptors (Lipinski definition) is 1. The van der Waals surface area contributed by atoms with Gasteiger partial charge in [-0.3, -0.25) is 4.79 Å². The maximum Gasteiger partial charge on any atom is 0.297 e. The van der Waals surface area contributed by atoms with Crippen LogP contribution in [0.2, 0.25) is 5.02 Å². The molecule has 0 saturated heterocycles. The highest BCUT2D eigenvalue weighted by atomic mass is 79.9. The Bertz CT molecular complexity index is 439. The SMILES string of the molecule is O=C(C#CBr)NCc1ccc(F)c(Cl)c1. The van der Waals surface area contributed by atoms with E-state index in [0.29, 0.717) is 5.56 Å². The summed E-state index contributed by atoms with van der Waals surface area (Å²) >= 11 is 8.37. The Morgan fingerprint density at radius 3 is 2.93 bits per heavy atom. The maximum atomic E-state index is 12.8. The Balaban J connectivity index is 2.61. The normalized spacial score (nSPS) is 9.00. The van der Waals surface area contributed by atoms with Crippen molar-refractivity contribution in [2.75, 3.05) is 0 Å². The van der Waals surface area contributed by atoms with Crippen molar-refractivity contribution in [2.45, 2.75) is 6.54 Å². The van der Waals surface area contributed by atoms with Crippen molar-refractivity contribution >= 4 is 33.4 Å². The second-order valence-corrected chi connectivity index (χ2v) is 3.45. The highest BCUT2D eigenvalue weighted by Gasteiger charge is 2.01. The van der Waals surface area contributed by atoms with Gasteiger partial charge in [0.1, 0.15) is 5.82 Å². The lowest BCUT2D eigenvalue weighted by molar-refractivity contribution is -0.115. The molecule has 78 valence electrons. The van der Waals surface area contributed by atoms with Crippen LogP contribution < -0.4 is 5.32 Å². The van der Waals surface area contributed by atoms with Crippen molar-refractivity contribution in [2.24, 2.45) is 0 Å². The number of carbonyl (C=O) groups is 1. The monoisotopic (exact) mass is 289 g/mol. The van der Waals surface area contributed by atoms with Crippen molar-refractivity contribution in [1.29, 1.82) is 0 Å². The first-order chi connectivity index (χ1) is 7.13. The van der Waals surface area contributed by atoms with Gasteiger partial charge >= 0.3 is 0 Å². The molecule has 0 bridgehead atoms. The van der Waals surface area contributed by atoms with Crippen LogP contribution in [0.3, 0.4) is 0 Å². The lowest BCUT2D eigenvalue weighted by Gasteiger charge is -2.02. The number of benzene rings is 1. The Kier molecular flexibility index (Phi) is 4.60. The summed E-state index contributed by atoms with van der Waals surface area (Å²) in [5.74, 6) is 1.36. The first-order valence-electron chi connectivity index (χ1n) is 3.97. The zero-order valence-electron chi connectivity index (χ0n) is 7.48. The molecule has 2 nitrogen and oxygen atoms in total. The van der Waals surface area contributed by atoms with E-state index in [1.807, 2.05) is 0 Å². The quantitative estimate of drug-likeness (QED) is 0.833. The van der Waals surface area contributed by atoms with Gasteiger partial charge in [-0.1, -0.05) is 17.7 Å². The average Bonchev–Trinajstić information content (AvgIpc) is 2.20. The summed E-state index contributed by atoms with van der Waals surface area (Å²) < 4.78 is 12.8. The fraction of sp³-hybridized carbons (Fsp3) is 0.100. The molecule has 1 N–H and O–H groups in total. The molecule has 0 unspecified atom stereocenters. The van der Waals surface area contributed by atoms with Crippen LogP contribution in [0.4, 0.5) is 4.39 Å². The molecule has 0 aromatic heterocycles. The highest BCUT2D eigenvalue weighted by molar-refractivity contribution is 9.12. The van der Waals surface area contributed by atoms with E-state index in [9.17, 15) is 9.18 Å². The van der Waals surface area contributed by atoms with Crippen LogP contribution in [0.1, 0.15) is 5.56 Å². The smallest absolute Gasteiger partial charge is 0.297 e. The zero-order chi connectivity index (χ0) is 11.3. The largest absolute Gasteiger partial charge is 0.341 e. The molecule has 0 aliphatic heterocycles. The Labute approximate surface area is 99.9 Å². The van der Waals surface area contributed by atoms with Gasteiger partial charge in [-0.15, -0.1) is 0 Å². The van der Waals surface area contributed by atoms with Crippen LogP contribution in [-0.2, 0) is 11.3 Å². The molecule has 0 aliphatic rings. The van der Waals surface area contributed by atoms with Crippen molar-refractivity contribution in [1.82, 2.24) is 5.32 Å². The van der Waals surface area contributed by atoms with E-state index in [1.54, 1.807) is 6.07 Å². The van der Waals surface area contributed by atoms with E-state index in [4.69, 9.17) is 11.6 Å². The molecule has 1 amide bonds. The van der Waals surface area contributed by atoms with Crippen LogP contribution in [0.15, 0.2) is 18.2 Å². The fourth-order valence-corrected chi connectivity index (χ4v) is 1.30. The van der Waals surface area contributed by atoms with E-state index in [1.165, 1.54) is 12.1 Å². The summed E-state index contributed by atoms with van der Waals surface area (Å²) in [6.07, 6.45) is 0. The third-order valence-electron chi connectivity index (χ3n) is 1.60. The van der Waals surface area contributed by atoms with Crippen LogP contribution in [-0.4, -0.2) is 5.91 Å². The second-order valence-electron chi connectivity index (χ2n) is 2.65. The number of amides is 1. The van der Waals surface area contributed by atoms with E-state index in [2.05, 4.69) is 32.0 Å². The standard InChI is InChI=1S/C10H6BrClFNO/c11-4-3-10(15)14-6-7-1-2-9(13)8(12)5-7/h1-2,5H,6H2,(H,14,15). The minimum absolute atomic E-state index is 0.0355. The van der Waals surface area contributed by atoms with Crippen molar-refractivity contribution in [3.63, 3.8) is 0 Å². The van der Waals surface area contributed by atoms with Crippen LogP contribution in [0.25, 0.3) is 0 Å². The molecule has 0 atom stereocenters. The maximum absolute atomic E-state index is 12.8. The molecule has 0 heterocycles. The van der Waals surface area contributed by atoms with Crippen LogP contribution in [0.5, 0.6) is 0 Å². The third kappa shape index (κ3) is 3.90. The van der Waals surface area contributed by atoms with Gasteiger partial charge in [-0.25, -0.2) is 4.39 Å². The topological polar surface area (TPSA) is 29.1 Å². The van der Waals surface area contributed by atoms with Gasteiger partial charge in [-0.05, 0) is 22.5 Å². The number of rotatable bonds is 2. The third-order valence-corrected chi connectivity index (χ3v) is 2.09.